The monoisotopic (exact) mass is 181 g/mol. The van der Waals surface area contributed by atoms with Gasteiger partial charge in [-0.15, -0.1) is 6.01 Å². The van der Waals surface area contributed by atoms with Gasteiger partial charge in [-0.25, -0.2) is 0 Å². The van der Waals surface area contributed by atoms with Crippen LogP contribution in [0.4, 0.5) is 0 Å². The first-order chi connectivity index (χ1) is 6.24. The van der Waals surface area contributed by atoms with Crippen molar-refractivity contribution in [2.75, 3.05) is 33.4 Å². The first kappa shape index (κ1) is 11.8. The molecule has 1 aliphatic heterocycles. The van der Waals surface area contributed by atoms with Gasteiger partial charge in [0.2, 0.25) is 0 Å². The molecule has 0 aromatic heterocycles. The minimum Gasteiger partial charge on any atom is -0.422 e. The van der Waals surface area contributed by atoms with E-state index in [0.717, 1.165) is 0 Å². The van der Waals surface area contributed by atoms with Gasteiger partial charge >= 0.3 is 0 Å². The SMILES string of the molecule is CC[NH+]1CCN(C)C1.N#CN=C=[N-]. The van der Waals surface area contributed by atoms with Crippen LogP contribution in [0, 0.1) is 11.5 Å². The highest BCUT2D eigenvalue weighted by atomic mass is 15.4. The molecule has 1 saturated heterocycles. The Balaban J connectivity index is 0.000000252. The molecule has 1 N–H and O–H groups in total. The largest absolute Gasteiger partial charge is 0.422 e. The number of likely N-dealkylation sites (N-methyl/N-ethyl adjacent to an activating group) is 2. The smallest absolute Gasteiger partial charge is 0.133 e. The van der Waals surface area contributed by atoms with Crippen LogP contribution in [0.15, 0.2) is 4.99 Å². The number of nitriles is 1. The quantitative estimate of drug-likeness (QED) is 0.417. The van der Waals surface area contributed by atoms with Gasteiger partial charge in [-0.1, -0.05) is 0 Å². The Morgan fingerprint density at radius 1 is 1.69 bits per heavy atom. The average Bonchev–Trinajstić information content (AvgIpc) is 2.54. The van der Waals surface area contributed by atoms with E-state index in [0.29, 0.717) is 0 Å². The van der Waals surface area contributed by atoms with Crippen LogP contribution in [0.25, 0.3) is 5.41 Å². The summed E-state index contributed by atoms with van der Waals surface area (Å²) in [5.41, 5.74) is 0. The number of nitrogens with zero attached hydrogens (tertiary/aromatic N) is 4. The Morgan fingerprint density at radius 2 is 2.38 bits per heavy atom. The number of nitrogens with one attached hydrogen (secondary N) is 1. The van der Waals surface area contributed by atoms with Gasteiger partial charge in [0.25, 0.3) is 0 Å². The highest BCUT2D eigenvalue weighted by Crippen LogP contribution is 1.78. The number of hydrogen-bond acceptors (Lipinski definition) is 3. The average molecular weight is 181 g/mol. The molecule has 5 nitrogen and oxygen atoms in total. The Labute approximate surface area is 78.8 Å². The van der Waals surface area contributed by atoms with Gasteiger partial charge in [0, 0.05) is 0 Å². The third kappa shape index (κ3) is 6.00. The summed E-state index contributed by atoms with van der Waals surface area (Å²) in [5, 5.41) is 14.9. The number of rotatable bonds is 1. The van der Waals surface area contributed by atoms with Crippen molar-refractivity contribution in [3.63, 3.8) is 0 Å². The van der Waals surface area contributed by atoms with Crippen LogP contribution in [0.5, 0.6) is 0 Å². The lowest BCUT2D eigenvalue weighted by Crippen LogP contribution is -3.10. The zero-order valence-corrected chi connectivity index (χ0v) is 8.12. The maximum Gasteiger partial charge on any atom is 0.133 e. The molecule has 0 spiro atoms. The summed E-state index contributed by atoms with van der Waals surface area (Å²) in [6.45, 7) is 7.39. The lowest BCUT2D eigenvalue weighted by atomic mass is 10.6. The van der Waals surface area contributed by atoms with Crippen molar-refractivity contribution in [1.82, 2.24) is 4.90 Å². The second kappa shape index (κ2) is 7.44. The highest BCUT2D eigenvalue weighted by Gasteiger charge is 2.16. The topological polar surface area (TPSA) is 66.1 Å². The molecule has 0 aromatic carbocycles. The first-order valence-corrected chi connectivity index (χ1v) is 4.24. The van der Waals surface area contributed by atoms with E-state index in [9.17, 15) is 0 Å². The van der Waals surface area contributed by atoms with Crippen LogP contribution >= 0.6 is 0 Å². The minimum atomic E-state index is 1.25. The zero-order valence-electron chi connectivity index (χ0n) is 8.12. The second-order valence-corrected chi connectivity index (χ2v) is 2.90. The van der Waals surface area contributed by atoms with Crippen LogP contribution in [0.2, 0.25) is 0 Å². The summed E-state index contributed by atoms with van der Waals surface area (Å²) in [5.74, 6) is 0. The highest BCUT2D eigenvalue weighted by molar-refractivity contribution is 5.46. The van der Waals surface area contributed by atoms with Gasteiger partial charge in [0.15, 0.2) is 0 Å². The number of hydrogen-bond donors (Lipinski definition) is 1. The zero-order chi connectivity index (χ0) is 10.1. The van der Waals surface area contributed by atoms with Gasteiger partial charge in [-0.3, -0.25) is 4.90 Å². The maximum atomic E-state index is 7.43. The molecule has 1 rings (SSSR count). The fourth-order valence-corrected chi connectivity index (χ4v) is 1.20. The van der Waals surface area contributed by atoms with E-state index in [4.69, 9.17) is 10.7 Å². The minimum absolute atomic E-state index is 1.25. The molecule has 1 atom stereocenters. The molecule has 72 valence electrons. The van der Waals surface area contributed by atoms with Crippen LogP contribution in [0.3, 0.4) is 0 Å². The van der Waals surface area contributed by atoms with E-state index in [1.54, 1.807) is 4.90 Å². The molecular formula is C8H15N5. The summed E-state index contributed by atoms with van der Waals surface area (Å²) in [6.07, 6.45) is 1.28. The molecular weight excluding hydrogens is 166 g/mol. The second-order valence-electron chi connectivity index (χ2n) is 2.90. The predicted molar refractivity (Wildman–Crippen MR) is 50.3 cm³/mol. The van der Waals surface area contributed by atoms with Crippen LogP contribution in [0.1, 0.15) is 6.92 Å². The Hall–Kier alpha value is -1.21. The molecule has 1 heterocycles. The number of quaternary nitrogens is 1. The number of aliphatic imine (C=N–C) groups is 1. The standard InChI is InChI=1S/C6H14N2.C2N3/c1-3-8-5-4-7(2)6-8;3-1-5-2-4/h3-6H2,1-2H3;/q;-1/p+1. The summed E-state index contributed by atoms with van der Waals surface area (Å²) in [6, 6.07) is 1.28. The lowest BCUT2D eigenvalue weighted by molar-refractivity contribution is -0.889. The molecule has 13 heavy (non-hydrogen) atoms. The van der Waals surface area contributed by atoms with E-state index in [1.165, 1.54) is 38.5 Å². The third-order valence-corrected chi connectivity index (χ3v) is 1.94. The van der Waals surface area contributed by atoms with Crippen LogP contribution in [-0.2, 0) is 0 Å². The fourth-order valence-electron chi connectivity index (χ4n) is 1.20. The molecule has 1 aliphatic rings. The van der Waals surface area contributed by atoms with Crippen molar-refractivity contribution in [3.05, 3.63) is 5.41 Å². The molecule has 0 bridgehead atoms. The van der Waals surface area contributed by atoms with E-state index < -0.39 is 0 Å². The molecule has 0 radical (unpaired) electrons. The van der Waals surface area contributed by atoms with Crippen LogP contribution < -0.4 is 4.90 Å². The fraction of sp³-hybridized carbons (Fsp3) is 0.750. The maximum absolute atomic E-state index is 7.43. The summed E-state index contributed by atoms with van der Waals surface area (Å²) in [7, 11) is 2.18. The van der Waals surface area contributed by atoms with Gasteiger partial charge < -0.3 is 15.3 Å². The molecule has 0 aliphatic carbocycles. The molecule has 1 unspecified atom stereocenters. The van der Waals surface area contributed by atoms with Crippen molar-refractivity contribution >= 4 is 6.01 Å². The van der Waals surface area contributed by atoms with Crippen molar-refractivity contribution in [1.29, 1.82) is 5.26 Å². The summed E-state index contributed by atoms with van der Waals surface area (Å²) < 4.78 is 0. The predicted octanol–water partition coefficient (Wildman–Crippen LogP) is -0.995. The molecule has 0 saturated carbocycles. The van der Waals surface area contributed by atoms with E-state index in [1.807, 2.05) is 0 Å². The van der Waals surface area contributed by atoms with E-state index in [-0.39, 0.29) is 0 Å². The van der Waals surface area contributed by atoms with E-state index in [2.05, 4.69) is 23.9 Å². The Morgan fingerprint density at radius 3 is 2.54 bits per heavy atom. The lowest BCUT2D eigenvalue weighted by Gasteiger charge is -2.07. The summed E-state index contributed by atoms with van der Waals surface area (Å²) in [4.78, 5) is 6.67. The van der Waals surface area contributed by atoms with Crippen molar-refractivity contribution in [2.45, 2.75) is 6.92 Å². The van der Waals surface area contributed by atoms with Crippen molar-refractivity contribution < 1.29 is 4.90 Å². The van der Waals surface area contributed by atoms with Gasteiger partial charge in [0.05, 0.1) is 25.8 Å². The van der Waals surface area contributed by atoms with Crippen molar-refractivity contribution in [3.8, 4) is 6.19 Å². The summed E-state index contributed by atoms with van der Waals surface area (Å²) >= 11 is 0. The van der Waals surface area contributed by atoms with E-state index >= 15 is 0 Å². The first-order valence-electron chi connectivity index (χ1n) is 4.24. The van der Waals surface area contributed by atoms with Gasteiger partial charge in [-0.05, 0) is 14.0 Å². The molecule has 0 aromatic rings. The third-order valence-electron chi connectivity index (χ3n) is 1.94. The molecule has 5 heteroatoms. The van der Waals surface area contributed by atoms with Gasteiger partial charge in [-0.2, -0.15) is 5.26 Å². The van der Waals surface area contributed by atoms with Gasteiger partial charge in [0.1, 0.15) is 6.67 Å². The Kier molecular flexibility index (Phi) is 6.75. The van der Waals surface area contributed by atoms with Crippen molar-refractivity contribution in [2.24, 2.45) is 4.99 Å². The Bertz CT molecular complexity index is 213. The normalized spacial score (nSPS) is 20.8. The van der Waals surface area contributed by atoms with Crippen LogP contribution in [-0.4, -0.2) is 44.3 Å². The molecule has 1 fully saturated rings. The molecule has 0 amide bonds.